The maximum atomic E-state index is 10.8. The van der Waals surface area contributed by atoms with Crippen LogP contribution in [0.3, 0.4) is 0 Å². The Morgan fingerprint density at radius 1 is 1.47 bits per heavy atom. The number of fused-ring (bicyclic) bond motifs is 1. The van der Waals surface area contributed by atoms with E-state index in [1.807, 2.05) is 29.6 Å². The van der Waals surface area contributed by atoms with Crippen molar-refractivity contribution in [2.45, 2.75) is 12.5 Å². The number of hydrogen-bond donors (Lipinski definition) is 1. The molecule has 0 aliphatic carbocycles. The number of oxime groups is 1. The summed E-state index contributed by atoms with van der Waals surface area (Å²) in [5.74, 6) is -0.969. The molecule has 2 heterocycles. The Labute approximate surface area is 101 Å². The van der Waals surface area contributed by atoms with Crippen LogP contribution in [0.5, 0.6) is 0 Å². The van der Waals surface area contributed by atoms with E-state index in [4.69, 9.17) is 9.94 Å². The monoisotopic (exact) mass is 247 g/mol. The van der Waals surface area contributed by atoms with Gasteiger partial charge in [-0.2, -0.15) is 0 Å². The maximum Gasteiger partial charge on any atom is 0.348 e. The second-order valence-electron chi connectivity index (χ2n) is 3.82. The van der Waals surface area contributed by atoms with Gasteiger partial charge in [-0.3, -0.25) is 0 Å². The Kier molecular flexibility index (Phi) is 2.33. The summed E-state index contributed by atoms with van der Waals surface area (Å²) < 4.78 is 1.17. The molecule has 2 aromatic rings. The van der Waals surface area contributed by atoms with Crippen LogP contribution in [-0.4, -0.2) is 22.9 Å². The number of carboxylic acid groups (broad SMARTS) is 1. The molecule has 1 aromatic carbocycles. The fourth-order valence-electron chi connectivity index (χ4n) is 1.87. The van der Waals surface area contributed by atoms with E-state index in [0.29, 0.717) is 6.42 Å². The summed E-state index contributed by atoms with van der Waals surface area (Å²) in [6.45, 7) is 0. The molecule has 1 aromatic heterocycles. The number of benzene rings is 1. The molecule has 5 heteroatoms. The van der Waals surface area contributed by atoms with Crippen molar-refractivity contribution in [1.29, 1.82) is 0 Å². The average Bonchev–Trinajstić information content (AvgIpc) is 2.95. The molecule has 0 fully saturated rings. The fourth-order valence-corrected chi connectivity index (χ4v) is 2.84. The van der Waals surface area contributed by atoms with E-state index in [-0.39, 0.29) is 0 Å². The molecular formula is C12H9NO3S. The number of nitrogens with zero attached hydrogens (tertiary/aromatic N) is 1. The van der Waals surface area contributed by atoms with Crippen molar-refractivity contribution < 1.29 is 14.7 Å². The van der Waals surface area contributed by atoms with Gasteiger partial charge in [0.1, 0.15) is 0 Å². The molecule has 0 radical (unpaired) electrons. The minimum Gasteiger partial charge on any atom is -0.478 e. The van der Waals surface area contributed by atoms with Crippen LogP contribution in [0.15, 0.2) is 34.8 Å². The second kappa shape index (κ2) is 3.85. The van der Waals surface area contributed by atoms with Crippen LogP contribution in [0, 0.1) is 0 Å². The molecule has 0 bridgehead atoms. The molecule has 0 saturated heterocycles. The largest absolute Gasteiger partial charge is 0.478 e. The van der Waals surface area contributed by atoms with Crippen molar-refractivity contribution in [2.75, 3.05) is 0 Å². The highest BCUT2D eigenvalue weighted by Crippen LogP contribution is 2.29. The summed E-state index contributed by atoms with van der Waals surface area (Å²) in [7, 11) is 0. The predicted molar refractivity (Wildman–Crippen MR) is 65.5 cm³/mol. The van der Waals surface area contributed by atoms with Gasteiger partial charge in [-0.1, -0.05) is 23.4 Å². The van der Waals surface area contributed by atoms with E-state index in [1.165, 1.54) is 4.70 Å². The molecule has 1 N–H and O–H groups in total. The van der Waals surface area contributed by atoms with E-state index in [1.54, 1.807) is 11.3 Å². The van der Waals surface area contributed by atoms with Gasteiger partial charge in [-0.15, -0.1) is 11.3 Å². The van der Waals surface area contributed by atoms with Crippen LogP contribution >= 0.6 is 11.3 Å². The third-order valence-electron chi connectivity index (χ3n) is 2.74. The zero-order valence-electron chi connectivity index (χ0n) is 8.79. The molecule has 1 aliphatic rings. The van der Waals surface area contributed by atoms with Gasteiger partial charge < -0.3 is 9.94 Å². The van der Waals surface area contributed by atoms with E-state index in [2.05, 4.69) is 5.16 Å². The van der Waals surface area contributed by atoms with Gasteiger partial charge in [-0.05, 0) is 6.07 Å². The van der Waals surface area contributed by atoms with Crippen molar-refractivity contribution in [2.24, 2.45) is 5.16 Å². The van der Waals surface area contributed by atoms with Crippen molar-refractivity contribution in [1.82, 2.24) is 0 Å². The highest BCUT2D eigenvalue weighted by molar-refractivity contribution is 7.17. The lowest BCUT2D eigenvalue weighted by Gasteiger charge is -1.99. The Morgan fingerprint density at radius 2 is 2.29 bits per heavy atom. The van der Waals surface area contributed by atoms with Gasteiger partial charge in [0.15, 0.2) is 0 Å². The van der Waals surface area contributed by atoms with Crippen LogP contribution in [0.4, 0.5) is 0 Å². The molecule has 17 heavy (non-hydrogen) atoms. The number of carbonyl (C=O) groups is 1. The quantitative estimate of drug-likeness (QED) is 0.886. The highest BCUT2D eigenvalue weighted by atomic mass is 32.1. The zero-order valence-corrected chi connectivity index (χ0v) is 9.61. The summed E-state index contributed by atoms with van der Waals surface area (Å²) in [5, 5.41) is 15.8. The molecule has 1 atom stereocenters. The summed E-state index contributed by atoms with van der Waals surface area (Å²) in [5.41, 5.74) is 1.70. The molecule has 4 nitrogen and oxygen atoms in total. The van der Waals surface area contributed by atoms with Crippen LogP contribution < -0.4 is 0 Å². The zero-order chi connectivity index (χ0) is 11.8. The standard InChI is InChI=1S/C12H9NO3S/c14-12(15)10-5-9(13-16-10)8-6-17-11-4-2-1-3-7(8)11/h1-4,6,10H,5H2,(H,14,15). The number of hydrogen-bond acceptors (Lipinski definition) is 4. The first kappa shape index (κ1) is 10.3. The fraction of sp³-hybridized carbons (Fsp3) is 0.167. The predicted octanol–water partition coefficient (Wildman–Crippen LogP) is 2.48. The molecule has 1 unspecified atom stereocenters. The van der Waals surface area contributed by atoms with Gasteiger partial charge in [0.05, 0.1) is 5.71 Å². The molecule has 1 aliphatic heterocycles. The van der Waals surface area contributed by atoms with Crippen molar-refractivity contribution in [3.05, 3.63) is 35.2 Å². The molecule has 3 rings (SSSR count). The van der Waals surface area contributed by atoms with E-state index in [9.17, 15) is 4.79 Å². The molecule has 0 amide bonds. The third-order valence-corrected chi connectivity index (χ3v) is 3.70. The minimum absolute atomic E-state index is 0.329. The van der Waals surface area contributed by atoms with E-state index >= 15 is 0 Å². The third kappa shape index (κ3) is 1.68. The summed E-state index contributed by atoms with van der Waals surface area (Å²) in [4.78, 5) is 15.7. The number of rotatable bonds is 2. The van der Waals surface area contributed by atoms with E-state index < -0.39 is 12.1 Å². The summed E-state index contributed by atoms with van der Waals surface area (Å²) >= 11 is 1.63. The van der Waals surface area contributed by atoms with Crippen molar-refractivity contribution in [3.63, 3.8) is 0 Å². The number of thiophene rings is 1. The topological polar surface area (TPSA) is 58.9 Å². The minimum atomic E-state index is -0.969. The highest BCUT2D eigenvalue weighted by Gasteiger charge is 2.29. The second-order valence-corrected chi connectivity index (χ2v) is 4.73. The normalized spacial score (nSPS) is 19.1. The maximum absolute atomic E-state index is 10.8. The Balaban J connectivity index is 1.98. The van der Waals surface area contributed by atoms with Gasteiger partial charge >= 0.3 is 5.97 Å². The lowest BCUT2D eigenvalue weighted by molar-refractivity contribution is -0.148. The summed E-state index contributed by atoms with van der Waals surface area (Å²) in [6.07, 6.45) is -0.514. The van der Waals surface area contributed by atoms with Crippen molar-refractivity contribution in [3.8, 4) is 0 Å². The number of aliphatic carboxylic acids is 1. The van der Waals surface area contributed by atoms with Crippen LogP contribution in [0.2, 0.25) is 0 Å². The van der Waals surface area contributed by atoms with Gasteiger partial charge in [0.25, 0.3) is 0 Å². The van der Waals surface area contributed by atoms with Crippen LogP contribution in [0.25, 0.3) is 10.1 Å². The first-order valence-electron chi connectivity index (χ1n) is 5.18. The molecule has 0 saturated carbocycles. The lowest BCUT2D eigenvalue weighted by atomic mass is 10.0. The summed E-state index contributed by atoms with van der Waals surface area (Å²) in [6, 6.07) is 7.99. The lowest BCUT2D eigenvalue weighted by Crippen LogP contribution is -2.19. The van der Waals surface area contributed by atoms with Crippen LogP contribution in [0.1, 0.15) is 12.0 Å². The Morgan fingerprint density at radius 3 is 3.06 bits per heavy atom. The Hall–Kier alpha value is -1.88. The van der Waals surface area contributed by atoms with Gasteiger partial charge in [-0.25, -0.2) is 4.79 Å². The van der Waals surface area contributed by atoms with Crippen LogP contribution in [-0.2, 0) is 9.63 Å². The smallest absolute Gasteiger partial charge is 0.348 e. The molecule has 86 valence electrons. The first-order chi connectivity index (χ1) is 8.25. The molecular weight excluding hydrogens is 238 g/mol. The number of carboxylic acids is 1. The first-order valence-corrected chi connectivity index (χ1v) is 6.06. The Bertz CT molecular complexity index is 617. The molecule has 0 spiro atoms. The average molecular weight is 247 g/mol. The SMILES string of the molecule is O=C(O)C1CC(c2csc3ccccc23)=NO1. The van der Waals surface area contributed by atoms with Gasteiger partial charge in [0.2, 0.25) is 6.10 Å². The van der Waals surface area contributed by atoms with Crippen molar-refractivity contribution >= 4 is 33.1 Å². The van der Waals surface area contributed by atoms with E-state index in [0.717, 1.165) is 16.7 Å². The van der Waals surface area contributed by atoms with Gasteiger partial charge in [0, 0.05) is 27.5 Å².